The second-order valence-electron chi connectivity index (χ2n) is 35.2. The minimum Gasteiger partial charge on any atom is -0.311 e. The summed E-state index contributed by atoms with van der Waals surface area (Å²) >= 11 is 0. The molecule has 12 aromatic rings. The number of aromatic nitrogens is 1. The average Bonchev–Trinajstić information content (AvgIpc) is 0.749. The summed E-state index contributed by atoms with van der Waals surface area (Å²) in [6.45, 7) is 40.4. The van der Waals surface area contributed by atoms with Gasteiger partial charge >= 0.3 is 0 Å². The van der Waals surface area contributed by atoms with Crippen LogP contribution in [0.1, 0.15) is 182 Å². The predicted molar refractivity (Wildman–Crippen MR) is 423 cm³/mol. The molecule has 0 amide bonds. The van der Waals surface area contributed by atoms with E-state index in [2.05, 4.69) is 357 Å². The number of rotatable bonds is 7. The minimum atomic E-state index is -0.119. The Bertz CT molecular complexity index is 5110. The Morgan fingerprint density at radius 3 is 1.09 bits per heavy atom. The Kier molecular flexibility index (Phi) is 14.4. The molecule has 0 radical (unpaired) electrons. The number of anilines is 6. The molecule has 3 heterocycles. The van der Waals surface area contributed by atoms with Gasteiger partial charge in [-0.2, -0.15) is 0 Å². The van der Waals surface area contributed by atoms with E-state index in [4.69, 9.17) is 0 Å². The average molecular weight is 1280 g/mol. The third-order valence-electron chi connectivity index (χ3n) is 23.6. The second-order valence-corrected chi connectivity index (χ2v) is 35.2. The van der Waals surface area contributed by atoms with Crippen LogP contribution in [0.5, 0.6) is 0 Å². The fourth-order valence-corrected chi connectivity index (χ4v) is 17.2. The maximum Gasteiger partial charge on any atom is 0.252 e. The van der Waals surface area contributed by atoms with E-state index in [0.29, 0.717) is 0 Å². The molecule has 0 atom stereocenters. The van der Waals surface area contributed by atoms with Crippen LogP contribution in [0, 0.1) is 0 Å². The lowest BCUT2D eigenvalue weighted by Gasteiger charge is -2.45. The molecular weight excluding hydrogens is 1180 g/mol. The first-order valence-electron chi connectivity index (χ1n) is 36.3. The summed E-state index contributed by atoms with van der Waals surface area (Å²) < 4.78 is 2.50. The standard InChI is InChI=1S/C94H96BN3/c1-88(2,3)67-35-26-61(27-36-67)66-55-85-87-86(56-66)97(71-39-30-60(31-40-71)63-33-43-76-78(53-63)94(16,17)49-47-92(76,12)13)84-58-72(98-81-24-20-18-22-73(81)74-23-19-21-25-82(74)98)41-45-80(84)95(87)79-44-34-64(65-50-68(89(4,5)6)57-69(51-65)90(7,8)9)54-83(79)96(85)70-37-28-59(29-38-70)62-32-42-75-77(52-62)93(14,15)48-46-91(75,10)11/h18-45,50-58H,46-49H2,1-17H3. The molecule has 0 N–H and O–H groups in total. The van der Waals surface area contributed by atoms with Crippen molar-refractivity contribution in [2.24, 2.45) is 0 Å². The van der Waals surface area contributed by atoms with Crippen molar-refractivity contribution in [1.29, 1.82) is 0 Å². The summed E-state index contributed by atoms with van der Waals surface area (Å²) in [4.78, 5) is 5.27. The van der Waals surface area contributed by atoms with Crippen LogP contribution in [-0.4, -0.2) is 11.3 Å². The first-order chi connectivity index (χ1) is 46.4. The highest BCUT2D eigenvalue weighted by Gasteiger charge is 2.45. The van der Waals surface area contributed by atoms with Gasteiger partial charge in [0.25, 0.3) is 6.71 Å². The van der Waals surface area contributed by atoms with Crippen LogP contribution in [-0.2, 0) is 37.9 Å². The molecule has 2 aliphatic carbocycles. The van der Waals surface area contributed by atoms with Crippen molar-refractivity contribution < 1.29 is 0 Å². The molecule has 1 aromatic heterocycles. The van der Waals surface area contributed by atoms with Gasteiger partial charge in [0.05, 0.1) is 11.0 Å². The molecule has 4 aliphatic rings. The predicted octanol–water partition coefficient (Wildman–Crippen LogP) is 24.1. The molecule has 3 nitrogen and oxygen atoms in total. The van der Waals surface area contributed by atoms with Crippen LogP contribution >= 0.6 is 0 Å². The van der Waals surface area contributed by atoms with Gasteiger partial charge in [0.1, 0.15) is 0 Å². The van der Waals surface area contributed by atoms with E-state index in [-0.39, 0.29) is 44.6 Å². The minimum absolute atomic E-state index is 0.00341. The summed E-state index contributed by atoms with van der Waals surface area (Å²) in [6.07, 6.45) is 4.74. The number of para-hydroxylation sites is 2. The molecule has 4 heteroatoms. The highest BCUT2D eigenvalue weighted by Crippen LogP contribution is 2.52. The highest BCUT2D eigenvalue weighted by atomic mass is 15.2. The van der Waals surface area contributed by atoms with E-state index in [1.807, 2.05) is 0 Å². The maximum atomic E-state index is 2.64. The van der Waals surface area contributed by atoms with Crippen LogP contribution < -0.4 is 26.2 Å². The zero-order valence-corrected chi connectivity index (χ0v) is 61.1. The molecular formula is C94H96BN3. The van der Waals surface area contributed by atoms with Gasteiger partial charge in [0.15, 0.2) is 0 Å². The maximum absolute atomic E-state index is 2.64. The van der Waals surface area contributed by atoms with E-state index < -0.39 is 0 Å². The van der Waals surface area contributed by atoms with Gasteiger partial charge in [-0.3, -0.25) is 0 Å². The van der Waals surface area contributed by atoms with E-state index in [1.54, 1.807) is 0 Å². The lowest BCUT2D eigenvalue weighted by Crippen LogP contribution is -2.61. The Balaban J connectivity index is 0.963. The van der Waals surface area contributed by atoms with Crippen molar-refractivity contribution in [2.45, 2.75) is 181 Å². The summed E-state index contributed by atoms with van der Waals surface area (Å²) in [6, 6.07) is 88.5. The van der Waals surface area contributed by atoms with Crippen molar-refractivity contribution in [3.8, 4) is 50.2 Å². The normalized spacial score (nSPS) is 16.5. The number of benzene rings is 11. The van der Waals surface area contributed by atoms with Gasteiger partial charge in [-0.1, -0.05) is 275 Å². The summed E-state index contributed by atoms with van der Waals surface area (Å²) in [7, 11) is 0. The molecule has 16 rings (SSSR count). The lowest BCUT2D eigenvalue weighted by atomic mass is 9.33. The van der Waals surface area contributed by atoms with Crippen molar-refractivity contribution >= 4 is 79.0 Å². The zero-order chi connectivity index (χ0) is 68.5. The molecule has 0 saturated carbocycles. The van der Waals surface area contributed by atoms with Crippen molar-refractivity contribution in [1.82, 2.24) is 4.57 Å². The van der Waals surface area contributed by atoms with Gasteiger partial charge in [-0.25, -0.2) is 0 Å². The van der Waals surface area contributed by atoms with Crippen LogP contribution in [0.2, 0.25) is 0 Å². The number of nitrogens with zero attached hydrogens (tertiary/aromatic N) is 3. The third kappa shape index (κ3) is 10.5. The smallest absolute Gasteiger partial charge is 0.252 e. The molecule has 0 spiro atoms. The Morgan fingerprint density at radius 1 is 0.286 bits per heavy atom. The molecule has 0 fully saturated rings. The first kappa shape index (κ1) is 63.6. The van der Waals surface area contributed by atoms with Gasteiger partial charge in [0.2, 0.25) is 0 Å². The van der Waals surface area contributed by atoms with Crippen molar-refractivity contribution in [2.75, 3.05) is 9.80 Å². The molecule has 2 aliphatic heterocycles. The van der Waals surface area contributed by atoms with Crippen molar-refractivity contribution in [3.05, 3.63) is 263 Å². The largest absolute Gasteiger partial charge is 0.311 e. The number of hydrogen-bond acceptors (Lipinski definition) is 2. The quantitative estimate of drug-likeness (QED) is 0.147. The summed E-state index contributed by atoms with van der Waals surface area (Å²) in [5.74, 6) is 0. The molecule has 490 valence electrons. The Labute approximate surface area is 584 Å². The SMILES string of the molecule is CC(C)(C)c1ccc(-c2cc3c4c(c2)N(c2ccc(-c5ccc6c(c5)C(C)(C)CCC6(C)C)cc2)c2cc(-n5c6ccccc6c6ccccc65)ccc2B4c2ccc(-c4cc(C(C)(C)C)cc(C(C)(C)C)c4)cc2N3c2ccc(-c3ccc4c(c3)C(C)(C)CCC4(C)C)cc2)cc1. The van der Waals surface area contributed by atoms with E-state index in [1.165, 1.54) is 170 Å². The number of hydrogen-bond donors (Lipinski definition) is 0. The Morgan fingerprint density at radius 2 is 0.633 bits per heavy atom. The fourth-order valence-electron chi connectivity index (χ4n) is 17.2. The van der Waals surface area contributed by atoms with Crippen LogP contribution in [0.3, 0.4) is 0 Å². The van der Waals surface area contributed by atoms with E-state index in [0.717, 1.165) is 17.1 Å². The van der Waals surface area contributed by atoms with Gasteiger partial charge in [0, 0.05) is 50.6 Å². The molecule has 98 heavy (non-hydrogen) atoms. The highest BCUT2D eigenvalue weighted by molar-refractivity contribution is 7.00. The first-order valence-corrected chi connectivity index (χ1v) is 36.3. The van der Waals surface area contributed by atoms with Crippen LogP contribution in [0.25, 0.3) is 72.0 Å². The van der Waals surface area contributed by atoms with Gasteiger partial charge in [-0.15, -0.1) is 0 Å². The molecule has 0 unspecified atom stereocenters. The fraction of sp³-hybridized carbons (Fsp3) is 0.298. The lowest BCUT2D eigenvalue weighted by molar-refractivity contribution is 0.332. The molecule has 0 saturated heterocycles. The van der Waals surface area contributed by atoms with Crippen LogP contribution in [0.4, 0.5) is 34.1 Å². The summed E-state index contributed by atoms with van der Waals surface area (Å²) in [5, 5.41) is 2.51. The molecule has 0 bridgehead atoms. The number of fused-ring (bicyclic) bond motifs is 9. The monoisotopic (exact) mass is 1280 g/mol. The van der Waals surface area contributed by atoms with E-state index in [9.17, 15) is 0 Å². The van der Waals surface area contributed by atoms with Crippen LogP contribution in [0.15, 0.2) is 224 Å². The van der Waals surface area contributed by atoms with Gasteiger partial charge in [-0.05, 0) is 230 Å². The van der Waals surface area contributed by atoms with Crippen molar-refractivity contribution in [3.63, 3.8) is 0 Å². The molecule has 11 aromatic carbocycles. The Hall–Kier alpha value is -9.12. The third-order valence-corrected chi connectivity index (χ3v) is 23.6. The summed E-state index contributed by atoms with van der Waals surface area (Å²) in [5.41, 5.74) is 34.5. The van der Waals surface area contributed by atoms with Gasteiger partial charge < -0.3 is 14.4 Å². The van der Waals surface area contributed by atoms with E-state index >= 15 is 0 Å². The second kappa shape index (κ2) is 22.2. The zero-order valence-electron chi connectivity index (χ0n) is 61.1. The topological polar surface area (TPSA) is 11.4 Å².